The lowest BCUT2D eigenvalue weighted by Crippen LogP contribution is -2.14. The number of carboxylic acid groups (broad SMARTS) is 1. The van der Waals surface area contributed by atoms with E-state index in [0.29, 0.717) is 0 Å². The van der Waals surface area contributed by atoms with Crippen LogP contribution in [-0.4, -0.2) is 21.0 Å². The van der Waals surface area contributed by atoms with Gasteiger partial charge in [-0.15, -0.1) is 0 Å². The van der Waals surface area contributed by atoms with Gasteiger partial charge in [-0.25, -0.2) is 4.79 Å². The fourth-order valence-corrected chi connectivity index (χ4v) is 1.84. The zero-order valence-corrected chi connectivity index (χ0v) is 15.2. The average Bonchev–Trinajstić information content (AvgIpc) is 2.46. The summed E-state index contributed by atoms with van der Waals surface area (Å²) in [6, 6.07) is 6.75. The smallest absolute Gasteiger partial charge is 0.337 e. The molecule has 0 fully saturated rings. The summed E-state index contributed by atoms with van der Waals surface area (Å²) in [5.41, 5.74) is 2.32. The first-order chi connectivity index (χ1) is 10.9. The Morgan fingerprint density at radius 3 is 1.92 bits per heavy atom. The normalized spacial score (nSPS) is 11.0. The van der Waals surface area contributed by atoms with Gasteiger partial charge in [-0.2, -0.15) is 0 Å². The van der Waals surface area contributed by atoms with Gasteiger partial charge in [0.1, 0.15) is 0 Å². The predicted octanol–water partition coefficient (Wildman–Crippen LogP) is 4.39. The molecule has 25 heavy (non-hydrogen) atoms. The van der Waals surface area contributed by atoms with Crippen LogP contribution in [0.25, 0.3) is 0 Å². The van der Waals surface area contributed by atoms with Gasteiger partial charge in [0.25, 0.3) is 0 Å². The Bertz CT molecular complexity index is 713. The molecule has 0 saturated heterocycles. The van der Waals surface area contributed by atoms with Crippen LogP contribution in [-0.2, 0) is 10.8 Å². The number of H-pyrrole nitrogens is 1. The summed E-state index contributed by atoms with van der Waals surface area (Å²) in [6.45, 7) is 12.4. The summed E-state index contributed by atoms with van der Waals surface area (Å²) in [7, 11) is 0. The number of hydrogen-bond acceptors (Lipinski definition) is 3. The van der Waals surface area contributed by atoms with Crippen LogP contribution in [0.2, 0.25) is 0 Å². The quantitative estimate of drug-likeness (QED) is 0.802. The Morgan fingerprint density at radius 2 is 1.60 bits per heavy atom. The molecule has 2 heterocycles. The highest BCUT2D eigenvalue weighted by Gasteiger charge is 2.15. The number of aromatic nitrogens is 2. The van der Waals surface area contributed by atoms with Crippen molar-refractivity contribution in [2.75, 3.05) is 0 Å². The van der Waals surface area contributed by atoms with E-state index in [-0.39, 0.29) is 29.4 Å². The molecule has 2 aromatic heterocycles. The minimum Gasteiger partial charge on any atom is -0.478 e. The number of hydrogen-bond donors (Lipinski definition) is 2. The van der Waals surface area contributed by atoms with Gasteiger partial charge in [0.15, 0.2) is 0 Å². The van der Waals surface area contributed by atoms with E-state index in [2.05, 4.69) is 30.7 Å². The highest BCUT2D eigenvalue weighted by Crippen LogP contribution is 2.20. The number of carboxylic acids is 1. The third-order valence-electron chi connectivity index (χ3n) is 3.43. The highest BCUT2D eigenvalue weighted by molar-refractivity contribution is 5.87. The van der Waals surface area contributed by atoms with Crippen LogP contribution in [0.5, 0.6) is 0 Å². The second kappa shape index (κ2) is 8.60. The van der Waals surface area contributed by atoms with Crippen LogP contribution < -0.4 is 5.56 Å². The molecule has 0 amide bonds. The topological polar surface area (TPSA) is 83.0 Å². The van der Waals surface area contributed by atoms with Gasteiger partial charge in [-0.05, 0) is 23.1 Å². The molecule has 2 N–H and O–H groups in total. The maximum atomic E-state index is 10.7. The van der Waals surface area contributed by atoms with Crippen LogP contribution in [0, 0.1) is 0 Å². The third kappa shape index (κ3) is 7.33. The molecule has 0 saturated carbocycles. The number of nitrogens with zero attached hydrogens (tertiary/aromatic N) is 1. The van der Waals surface area contributed by atoms with E-state index in [1.807, 2.05) is 26.8 Å². The Kier molecular flexibility index (Phi) is 7.77. The van der Waals surface area contributed by atoms with Crippen molar-refractivity contribution in [1.82, 2.24) is 9.97 Å². The largest absolute Gasteiger partial charge is 0.478 e. The third-order valence-corrected chi connectivity index (χ3v) is 3.43. The lowest BCUT2D eigenvalue weighted by molar-refractivity contribution is 0.0696. The fourth-order valence-electron chi connectivity index (χ4n) is 1.84. The summed E-state index contributed by atoms with van der Waals surface area (Å²) in [5.74, 6) is -0.937. The molecule has 0 aromatic carbocycles. The maximum absolute atomic E-state index is 10.7. The number of nitrogens with one attached hydrogen (secondary N) is 1. The number of carbonyl (C=O) groups is 1. The minimum atomic E-state index is -0.937. The molecule has 0 radical (unpaired) electrons. The second-order valence-corrected chi connectivity index (χ2v) is 7.68. The average molecular weight is 346 g/mol. The van der Waals surface area contributed by atoms with E-state index in [1.54, 1.807) is 24.4 Å². The van der Waals surface area contributed by atoms with Crippen LogP contribution in [0.1, 0.15) is 70.6 Å². The lowest BCUT2D eigenvalue weighted by Gasteiger charge is -2.17. The van der Waals surface area contributed by atoms with Crippen molar-refractivity contribution >= 4 is 5.97 Å². The van der Waals surface area contributed by atoms with Gasteiger partial charge in [0, 0.05) is 29.6 Å². The van der Waals surface area contributed by atoms with E-state index in [9.17, 15) is 9.59 Å². The molecule has 0 bridgehead atoms. The van der Waals surface area contributed by atoms with E-state index >= 15 is 0 Å². The van der Waals surface area contributed by atoms with E-state index in [0.717, 1.165) is 11.3 Å². The Hall–Kier alpha value is -2.43. The molecule has 5 nitrogen and oxygen atoms in total. The van der Waals surface area contributed by atoms with E-state index in [4.69, 9.17) is 5.11 Å². The second-order valence-electron chi connectivity index (χ2n) is 7.68. The molecule has 5 heteroatoms. The number of rotatable bonds is 1. The standard InChI is InChI=1S/C10H13NO2.C9H13NO.CH4/c1-10(2,3)8-5-4-7(6-11-8)9(12)13;1-9(2,3)7-4-5-8(11)10-6-7;/h4-6H,1-3H3,(H,12,13);4-6H,1-3H3,(H,10,11);1H4. The summed E-state index contributed by atoms with van der Waals surface area (Å²) < 4.78 is 0. The first-order valence-corrected chi connectivity index (χ1v) is 7.80. The molecule has 0 atom stereocenters. The predicted molar refractivity (Wildman–Crippen MR) is 102 cm³/mol. The van der Waals surface area contributed by atoms with Gasteiger partial charge in [0.2, 0.25) is 5.56 Å². The molecule has 0 aliphatic heterocycles. The van der Waals surface area contributed by atoms with Gasteiger partial charge < -0.3 is 10.1 Å². The molecule has 0 spiro atoms. The summed E-state index contributed by atoms with van der Waals surface area (Å²) >= 11 is 0. The van der Waals surface area contributed by atoms with Crippen LogP contribution in [0.3, 0.4) is 0 Å². The van der Waals surface area contributed by atoms with Crippen molar-refractivity contribution in [2.24, 2.45) is 0 Å². The summed E-state index contributed by atoms with van der Waals surface area (Å²) in [6.07, 6.45) is 3.16. The van der Waals surface area contributed by atoms with Crippen molar-refractivity contribution in [3.63, 3.8) is 0 Å². The Balaban J connectivity index is 0.000000449. The van der Waals surface area contributed by atoms with Gasteiger partial charge in [-0.3, -0.25) is 9.78 Å². The first-order valence-electron chi connectivity index (χ1n) is 7.80. The van der Waals surface area contributed by atoms with Gasteiger partial charge in [-0.1, -0.05) is 55.0 Å². The molecule has 2 aromatic rings. The van der Waals surface area contributed by atoms with Gasteiger partial charge >= 0.3 is 5.97 Å². The van der Waals surface area contributed by atoms with Crippen molar-refractivity contribution in [2.45, 2.75) is 59.8 Å². The van der Waals surface area contributed by atoms with Crippen molar-refractivity contribution in [3.05, 3.63) is 63.8 Å². The van der Waals surface area contributed by atoms with Crippen LogP contribution >= 0.6 is 0 Å². The zero-order chi connectivity index (χ0) is 18.5. The van der Waals surface area contributed by atoms with Crippen LogP contribution in [0.15, 0.2) is 41.5 Å². The maximum Gasteiger partial charge on any atom is 0.337 e. The minimum absolute atomic E-state index is 0. The fraction of sp³-hybridized carbons (Fsp3) is 0.450. The monoisotopic (exact) mass is 346 g/mol. The molecular weight excluding hydrogens is 316 g/mol. The van der Waals surface area contributed by atoms with E-state index in [1.165, 1.54) is 6.20 Å². The molecule has 138 valence electrons. The SMILES string of the molecule is C.CC(C)(C)c1ccc(=O)[nH]c1.CC(C)(C)c1ccc(C(=O)O)cn1. The lowest BCUT2D eigenvalue weighted by atomic mass is 9.88. The Morgan fingerprint density at radius 1 is 1.00 bits per heavy atom. The molecule has 0 aliphatic rings. The number of aromatic amines is 1. The van der Waals surface area contributed by atoms with Gasteiger partial charge in [0.05, 0.1) is 5.56 Å². The van der Waals surface area contributed by atoms with Crippen molar-refractivity contribution in [3.8, 4) is 0 Å². The molecule has 0 aliphatic carbocycles. The summed E-state index contributed by atoms with van der Waals surface area (Å²) in [4.78, 5) is 28.0. The molecule has 0 unspecified atom stereocenters. The zero-order valence-electron chi connectivity index (χ0n) is 15.2. The number of aromatic carboxylic acids is 1. The molecular formula is C20H30N2O3. The Labute approximate surface area is 150 Å². The van der Waals surface area contributed by atoms with Crippen molar-refractivity contribution in [1.29, 1.82) is 0 Å². The van der Waals surface area contributed by atoms with E-state index < -0.39 is 5.97 Å². The van der Waals surface area contributed by atoms with Crippen molar-refractivity contribution < 1.29 is 9.90 Å². The number of pyridine rings is 2. The van der Waals surface area contributed by atoms with Crippen LogP contribution in [0.4, 0.5) is 0 Å². The summed E-state index contributed by atoms with van der Waals surface area (Å²) in [5, 5.41) is 8.64. The molecule has 2 rings (SSSR count). The first kappa shape index (κ1) is 22.6. The highest BCUT2D eigenvalue weighted by atomic mass is 16.4.